The molecule has 2 aromatic heterocycles. The van der Waals surface area contributed by atoms with Gasteiger partial charge >= 0.3 is 0 Å². The number of carbonyl (C=O) groups excluding carboxylic acids is 1. The van der Waals surface area contributed by atoms with E-state index in [0.29, 0.717) is 24.2 Å². The van der Waals surface area contributed by atoms with Crippen molar-refractivity contribution in [1.82, 2.24) is 19.9 Å². The van der Waals surface area contributed by atoms with Crippen LogP contribution in [-0.2, 0) is 6.42 Å². The van der Waals surface area contributed by atoms with Crippen LogP contribution >= 0.6 is 11.3 Å². The summed E-state index contributed by atoms with van der Waals surface area (Å²) in [7, 11) is 0. The number of rotatable bonds is 5. The molecule has 0 aliphatic carbocycles. The molecule has 4 aromatic rings. The molecule has 176 valence electrons. The van der Waals surface area contributed by atoms with E-state index in [9.17, 15) is 14.4 Å². The maximum Gasteiger partial charge on any atom is 0.274 e. The first-order chi connectivity index (χ1) is 17.0. The molecule has 8 heteroatoms. The van der Waals surface area contributed by atoms with Crippen LogP contribution in [-0.4, -0.2) is 38.3 Å². The van der Waals surface area contributed by atoms with Crippen molar-refractivity contribution in [2.24, 2.45) is 0 Å². The number of carbonyl (C=O) groups is 1. The Morgan fingerprint density at radius 1 is 1.23 bits per heavy atom. The van der Waals surface area contributed by atoms with Gasteiger partial charge < -0.3 is 9.88 Å². The molecule has 0 radical (unpaired) electrons. The van der Waals surface area contributed by atoms with Gasteiger partial charge in [-0.1, -0.05) is 24.3 Å². The van der Waals surface area contributed by atoms with Crippen molar-refractivity contribution in [2.75, 3.05) is 6.54 Å². The van der Waals surface area contributed by atoms with E-state index in [-0.39, 0.29) is 17.8 Å². The number of halogens is 1. The average molecular weight is 486 g/mol. The highest BCUT2D eigenvalue weighted by Gasteiger charge is 2.31. The molecule has 1 unspecified atom stereocenters. The molecule has 1 aliphatic heterocycles. The SMILES string of the molecule is Cc1nc(C(=O)N2CCCCC2Cc2ncc(-c3cccc(C#N)c3)[nH]2)c(-c2ccc(F)cc2)s1. The van der Waals surface area contributed by atoms with Crippen molar-refractivity contribution in [3.8, 4) is 27.8 Å². The number of imidazole rings is 1. The molecule has 1 aliphatic rings. The van der Waals surface area contributed by atoms with Gasteiger partial charge in [-0.25, -0.2) is 14.4 Å². The molecule has 1 fully saturated rings. The van der Waals surface area contributed by atoms with E-state index in [2.05, 4.69) is 21.0 Å². The first-order valence-electron chi connectivity index (χ1n) is 11.6. The number of amides is 1. The first kappa shape index (κ1) is 22.9. The van der Waals surface area contributed by atoms with Crippen molar-refractivity contribution in [1.29, 1.82) is 5.26 Å². The number of aromatic nitrogens is 3. The van der Waals surface area contributed by atoms with Crippen LogP contribution in [0.5, 0.6) is 0 Å². The van der Waals surface area contributed by atoms with E-state index >= 15 is 0 Å². The average Bonchev–Trinajstić information content (AvgIpc) is 3.51. The zero-order chi connectivity index (χ0) is 24.4. The Morgan fingerprint density at radius 3 is 2.86 bits per heavy atom. The smallest absolute Gasteiger partial charge is 0.274 e. The maximum atomic E-state index is 13.7. The molecule has 2 aromatic carbocycles. The summed E-state index contributed by atoms with van der Waals surface area (Å²) in [6.45, 7) is 2.55. The summed E-state index contributed by atoms with van der Waals surface area (Å²) in [5.74, 6) is 0.406. The summed E-state index contributed by atoms with van der Waals surface area (Å²) in [5, 5.41) is 9.98. The Bertz CT molecular complexity index is 1400. The summed E-state index contributed by atoms with van der Waals surface area (Å²) in [4.78, 5) is 28.9. The fourth-order valence-corrected chi connectivity index (χ4v) is 5.49. The minimum Gasteiger partial charge on any atom is -0.342 e. The van der Waals surface area contributed by atoms with Crippen LogP contribution in [0.1, 0.15) is 46.1 Å². The predicted octanol–water partition coefficient (Wildman–Crippen LogP) is 5.76. The number of aryl methyl sites for hydroxylation is 1. The van der Waals surface area contributed by atoms with Crippen LogP contribution in [0.15, 0.2) is 54.7 Å². The standard InChI is InChI=1S/C27H24FN5OS/c1-17-31-25(26(35-17)19-8-10-21(28)11-9-19)27(34)33-12-3-2-7-22(33)14-24-30-16-23(32-24)20-6-4-5-18(13-20)15-29/h4-6,8-11,13,16,22H,2-3,7,12,14H2,1H3,(H,30,32). The van der Waals surface area contributed by atoms with Crippen molar-refractivity contribution in [3.05, 3.63) is 82.6 Å². The molecule has 6 nitrogen and oxygen atoms in total. The van der Waals surface area contributed by atoms with Gasteiger partial charge in [0.05, 0.1) is 33.4 Å². The number of thiazole rings is 1. The fraction of sp³-hybridized carbons (Fsp3) is 0.259. The van der Waals surface area contributed by atoms with Crippen LogP contribution < -0.4 is 0 Å². The second-order valence-corrected chi connectivity index (χ2v) is 9.91. The van der Waals surface area contributed by atoms with Gasteiger partial charge in [0.2, 0.25) is 0 Å². The van der Waals surface area contributed by atoms with Crippen molar-refractivity contribution < 1.29 is 9.18 Å². The third-order valence-electron chi connectivity index (χ3n) is 6.29. The molecule has 0 saturated carbocycles. The molecule has 3 heterocycles. The van der Waals surface area contributed by atoms with Crippen molar-refractivity contribution >= 4 is 17.2 Å². The summed E-state index contributed by atoms with van der Waals surface area (Å²) < 4.78 is 13.5. The number of aromatic amines is 1. The van der Waals surface area contributed by atoms with E-state index in [1.54, 1.807) is 24.4 Å². The minimum absolute atomic E-state index is 0.00349. The Labute approximate surface area is 207 Å². The van der Waals surface area contributed by atoms with Gasteiger partial charge in [-0.2, -0.15) is 5.26 Å². The van der Waals surface area contributed by atoms with Gasteiger partial charge in [0.25, 0.3) is 5.91 Å². The highest BCUT2D eigenvalue weighted by molar-refractivity contribution is 7.15. The largest absolute Gasteiger partial charge is 0.342 e. The zero-order valence-corrected chi connectivity index (χ0v) is 20.1. The number of nitrogens with one attached hydrogen (secondary N) is 1. The van der Waals surface area contributed by atoms with Crippen LogP contribution in [0, 0.1) is 24.1 Å². The molecule has 5 rings (SSSR count). The Kier molecular flexibility index (Phi) is 6.43. The van der Waals surface area contributed by atoms with Gasteiger partial charge in [0, 0.05) is 24.6 Å². The van der Waals surface area contributed by atoms with Crippen LogP contribution in [0.25, 0.3) is 21.7 Å². The molecule has 0 bridgehead atoms. The minimum atomic E-state index is -0.309. The van der Waals surface area contributed by atoms with Crippen LogP contribution in [0.3, 0.4) is 0 Å². The summed E-state index contributed by atoms with van der Waals surface area (Å²) in [5.41, 5.74) is 3.57. The van der Waals surface area contributed by atoms with Gasteiger partial charge in [0.15, 0.2) is 0 Å². The number of piperidine rings is 1. The first-order valence-corrected chi connectivity index (χ1v) is 12.4. The third-order valence-corrected chi connectivity index (χ3v) is 7.31. The molecule has 1 N–H and O–H groups in total. The Morgan fingerprint density at radius 2 is 2.06 bits per heavy atom. The normalized spacial score (nSPS) is 15.7. The van der Waals surface area contributed by atoms with Crippen LogP contribution in [0.4, 0.5) is 4.39 Å². The van der Waals surface area contributed by atoms with E-state index in [4.69, 9.17) is 0 Å². The second kappa shape index (κ2) is 9.80. The van der Waals surface area contributed by atoms with Crippen molar-refractivity contribution in [3.63, 3.8) is 0 Å². The highest BCUT2D eigenvalue weighted by Crippen LogP contribution is 2.33. The number of hydrogen-bond acceptors (Lipinski definition) is 5. The fourth-order valence-electron chi connectivity index (χ4n) is 4.58. The number of nitriles is 1. The second-order valence-electron chi connectivity index (χ2n) is 8.71. The number of likely N-dealkylation sites (tertiary alicyclic amines) is 1. The lowest BCUT2D eigenvalue weighted by atomic mass is 9.98. The Balaban J connectivity index is 1.38. The highest BCUT2D eigenvalue weighted by atomic mass is 32.1. The molecule has 35 heavy (non-hydrogen) atoms. The van der Waals surface area contributed by atoms with Gasteiger partial charge in [0.1, 0.15) is 17.3 Å². The van der Waals surface area contributed by atoms with E-state index in [0.717, 1.165) is 51.8 Å². The molecule has 1 saturated heterocycles. The number of benzene rings is 2. The molecular weight excluding hydrogens is 461 g/mol. The summed E-state index contributed by atoms with van der Waals surface area (Å²) in [6, 6.07) is 15.8. The third kappa shape index (κ3) is 4.86. The van der Waals surface area contributed by atoms with Crippen molar-refractivity contribution in [2.45, 2.75) is 38.6 Å². The van der Waals surface area contributed by atoms with E-state index in [1.165, 1.54) is 23.5 Å². The summed E-state index contributed by atoms with van der Waals surface area (Å²) in [6.07, 6.45) is 5.27. The lowest BCUT2D eigenvalue weighted by Gasteiger charge is -2.35. The maximum absolute atomic E-state index is 13.7. The molecule has 0 spiro atoms. The quantitative estimate of drug-likeness (QED) is 0.390. The summed E-state index contributed by atoms with van der Waals surface area (Å²) >= 11 is 1.45. The number of H-pyrrole nitrogens is 1. The molecular formula is C27H24FN5OS. The van der Waals surface area contributed by atoms with E-state index < -0.39 is 0 Å². The van der Waals surface area contributed by atoms with Gasteiger partial charge in [-0.05, 0) is 56.0 Å². The number of hydrogen-bond donors (Lipinski definition) is 1. The molecule has 1 amide bonds. The Hall–Kier alpha value is -3.83. The van der Waals surface area contributed by atoms with Crippen LogP contribution in [0.2, 0.25) is 0 Å². The number of nitrogens with zero attached hydrogens (tertiary/aromatic N) is 4. The van der Waals surface area contributed by atoms with Gasteiger partial charge in [-0.3, -0.25) is 4.79 Å². The predicted molar refractivity (Wildman–Crippen MR) is 133 cm³/mol. The lowest BCUT2D eigenvalue weighted by molar-refractivity contribution is 0.0606. The van der Waals surface area contributed by atoms with E-state index in [1.807, 2.05) is 30.0 Å². The monoisotopic (exact) mass is 485 g/mol. The zero-order valence-electron chi connectivity index (χ0n) is 19.3. The molecule has 1 atom stereocenters. The lowest BCUT2D eigenvalue weighted by Crippen LogP contribution is -2.45. The van der Waals surface area contributed by atoms with Gasteiger partial charge in [-0.15, -0.1) is 11.3 Å². The topological polar surface area (TPSA) is 85.7 Å².